The number of hydrogen-bond acceptors (Lipinski definition) is 6. The molecule has 0 spiro atoms. The van der Waals surface area contributed by atoms with E-state index in [4.69, 9.17) is 9.26 Å². The molecule has 1 aromatic heterocycles. The fraction of sp³-hybridized carbons (Fsp3) is 0.833. The van der Waals surface area contributed by atoms with E-state index in [9.17, 15) is 4.79 Å². The molecule has 8 heteroatoms. The smallest absolute Gasteiger partial charge is 0.317 e. The van der Waals surface area contributed by atoms with Crippen LogP contribution in [0.25, 0.3) is 0 Å². The lowest BCUT2D eigenvalue weighted by Gasteiger charge is -2.44. The molecule has 1 N–H and O–H groups in total. The molecule has 0 unspecified atom stereocenters. The van der Waals surface area contributed by atoms with E-state index in [1.165, 1.54) is 45.2 Å². The van der Waals surface area contributed by atoms with Crippen LogP contribution in [0.2, 0.25) is 0 Å². The zero-order valence-corrected chi connectivity index (χ0v) is 15.9. The molecule has 2 aliphatic rings. The summed E-state index contributed by atoms with van der Waals surface area (Å²) in [6.45, 7) is 6.35. The molecule has 0 radical (unpaired) electrons. The van der Waals surface area contributed by atoms with Gasteiger partial charge in [0, 0.05) is 26.2 Å². The topological polar surface area (TPSA) is 83.7 Å². The van der Waals surface area contributed by atoms with Crippen LogP contribution in [0, 0.1) is 5.92 Å². The van der Waals surface area contributed by atoms with Crippen LogP contribution in [0.4, 0.5) is 4.79 Å². The van der Waals surface area contributed by atoms with E-state index in [1.807, 2.05) is 6.92 Å². The standard InChI is InChI=1S/C18H31N5O3/c1-3-22(12-17-20-16(13-25-2)21-26-17)18(24)19-11-14-7-6-10-23-9-5-4-8-15(14)23/h14-15H,3-13H2,1-2H3,(H,19,24)/t14-,15+/m0/s1. The Bertz CT molecular complexity index is 577. The van der Waals surface area contributed by atoms with Gasteiger partial charge in [0.1, 0.15) is 13.2 Å². The van der Waals surface area contributed by atoms with Crippen molar-refractivity contribution in [3.05, 3.63) is 11.7 Å². The van der Waals surface area contributed by atoms with Crippen molar-refractivity contribution in [2.24, 2.45) is 5.92 Å². The zero-order valence-electron chi connectivity index (χ0n) is 15.9. The first kappa shape index (κ1) is 19.1. The van der Waals surface area contributed by atoms with Crippen LogP contribution < -0.4 is 5.32 Å². The fourth-order valence-electron chi connectivity index (χ4n) is 4.18. The molecule has 0 aliphatic carbocycles. The molecule has 2 saturated heterocycles. The predicted octanol–water partition coefficient (Wildman–Crippen LogP) is 2.01. The number of hydrogen-bond donors (Lipinski definition) is 1. The molecule has 3 rings (SSSR count). The number of rotatable bonds is 7. The third kappa shape index (κ3) is 4.73. The summed E-state index contributed by atoms with van der Waals surface area (Å²) in [7, 11) is 1.58. The van der Waals surface area contributed by atoms with Crippen molar-refractivity contribution in [2.45, 2.75) is 58.2 Å². The second kappa shape index (κ2) is 9.32. The first-order valence-electron chi connectivity index (χ1n) is 9.78. The first-order valence-corrected chi connectivity index (χ1v) is 9.78. The van der Waals surface area contributed by atoms with Gasteiger partial charge in [0.25, 0.3) is 0 Å². The lowest BCUT2D eigenvalue weighted by molar-refractivity contribution is 0.0596. The Balaban J connectivity index is 1.50. The van der Waals surface area contributed by atoms with Gasteiger partial charge in [0.05, 0.1) is 0 Å². The maximum absolute atomic E-state index is 12.6. The van der Waals surface area contributed by atoms with E-state index >= 15 is 0 Å². The van der Waals surface area contributed by atoms with Gasteiger partial charge in [-0.05, 0) is 51.6 Å². The normalized spacial score (nSPS) is 23.5. The van der Waals surface area contributed by atoms with Crippen molar-refractivity contribution in [3.8, 4) is 0 Å². The van der Waals surface area contributed by atoms with E-state index in [0.29, 0.717) is 43.4 Å². The molecule has 3 heterocycles. The number of carbonyl (C=O) groups is 1. The molecule has 26 heavy (non-hydrogen) atoms. The molecular formula is C18H31N5O3. The molecule has 2 aliphatic heterocycles. The fourth-order valence-corrected chi connectivity index (χ4v) is 4.18. The average molecular weight is 365 g/mol. The zero-order chi connectivity index (χ0) is 18.4. The third-order valence-electron chi connectivity index (χ3n) is 5.52. The number of nitrogens with zero attached hydrogens (tertiary/aromatic N) is 4. The molecule has 0 bridgehead atoms. The highest BCUT2D eigenvalue weighted by Crippen LogP contribution is 2.30. The second-order valence-corrected chi connectivity index (χ2v) is 7.24. The van der Waals surface area contributed by atoms with Crippen LogP contribution in [0.5, 0.6) is 0 Å². The van der Waals surface area contributed by atoms with E-state index < -0.39 is 0 Å². The van der Waals surface area contributed by atoms with Gasteiger partial charge in [0.2, 0.25) is 5.89 Å². The minimum atomic E-state index is -0.0630. The molecule has 146 valence electrons. The number of amides is 2. The van der Waals surface area contributed by atoms with Crippen molar-refractivity contribution in [1.82, 2.24) is 25.3 Å². The Hall–Kier alpha value is -1.67. The number of piperidine rings is 2. The maximum Gasteiger partial charge on any atom is 0.317 e. The largest absolute Gasteiger partial charge is 0.377 e. The van der Waals surface area contributed by atoms with Gasteiger partial charge < -0.3 is 24.4 Å². The van der Waals surface area contributed by atoms with E-state index in [2.05, 4.69) is 20.4 Å². The Labute approximate surface area is 155 Å². The molecular weight excluding hydrogens is 334 g/mol. The van der Waals surface area contributed by atoms with Gasteiger partial charge in [-0.15, -0.1) is 0 Å². The molecule has 2 fully saturated rings. The van der Waals surface area contributed by atoms with Crippen molar-refractivity contribution in [1.29, 1.82) is 0 Å². The lowest BCUT2D eigenvalue weighted by atomic mass is 9.83. The number of ether oxygens (including phenoxy) is 1. The van der Waals surface area contributed by atoms with Crippen LogP contribution in [0.1, 0.15) is 50.7 Å². The average Bonchev–Trinajstić information content (AvgIpc) is 3.11. The van der Waals surface area contributed by atoms with Gasteiger partial charge in [-0.1, -0.05) is 11.6 Å². The summed E-state index contributed by atoms with van der Waals surface area (Å²) in [6.07, 6.45) is 6.33. The quantitative estimate of drug-likeness (QED) is 0.796. The van der Waals surface area contributed by atoms with Crippen LogP contribution in [-0.2, 0) is 17.9 Å². The highest BCUT2D eigenvalue weighted by molar-refractivity contribution is 5.74. The highest BCUT2D eigenvalue weighted by Gasteiger charge is 2.33. The van der Waals surface area contributed by atoms with Crippen molar-refractivity contribution in [3.63, 3.8) is 0 Å². The van der Waals surface area contributed by atoms with Gasteiger partial charge in [-0.3, -0.25) is 0 Å². The van der Waals surface area contributed by atoms with Crippen LogP contribution in [-0.4, -0.2) is 65.3 Å². The van der Waals surface area contributed by atoms with Crippen molar-refractivity contribution < 1.29 is 14.1 Å². The van der Waals surface area contributed by atoms with E-state index in [1.54, 1.807) is 12.0 Å². The number of urea groups is 1. The van der Waals surface area contributed by atoms with Crippen molar-refractivity contribution >= 4 is 6.03 Å². The number of fused-ring (bicyclic) bond motifs is 1. The predicted molar refractivity (Wildman–Crippen MR) is 96.4 cm³/mol. The second-order valence-electron chi connectivity index (χ2n) is 7.24. The van der Waals surface area contributed by atoms with Crippen LogP contribution in [0.3, 0.4) is 0 Å². The summed E-state index contributed by atoms with van der Waals surface area (Å²) in [5, 5.41) is 6.98. The summed E-state index contributed by atoms with van der Waals surface area (Å²) < 4.78 is 10.2. The van der Waals surface area contributed by atoms with Gasteiger partial charge in [-0.2, -0.15) is 4.98 Å². The number of carbonyl (C=O) groups excluding carboxylic acids is 1. The molecule has 1 aromatic rings. The monoisotopic (exact) mass is 365 g/mol. The van der Waals surface area contributed by atoms with Crippen LogP contribution >= 0.6 is 0 Å². The Morgan fingerprint density at radius 2 is 2.19 bits per heavy atom. The van der Waals surface area contributed by atoms with E-state index in [-0.39, 0.29) is 6.03 Å². The Morgan fingerprint density at radius 1 is 1.35 bits per heavy atom. The minimum Gasteiger partial charge on any atom is -0.377 e. The maximum atomic E-state index is 12.6. The molecule has 0 aromatic carbocycles. The Morgan fingerprint density at radius 3 is 3.00 bits per heavy atom. The van der Waals surface area contributed by atoms with Gasteiger partial charge in [-0.25, -0.2) is 4.79 Å². The van der Waals surface area contributed by atoms with Crippen molar-refractivity contribution in [2.75, 3.05) is 33.3 Å². The van der Waals surface area contributed by atoms with Gasteiger partial charge >= 0.3 is 6.03 Å². The molecule has 2 atom stereocenters. The minimum absolute atomic E-state index is 0.0630. The van der Waals surface area contributed by atoms with E-state index in [0.717, 1.165) is 6.54 Å². The number of methoxy groups -OCH3 is 1. The number of nitrogens with one attached hydrogen (secondary N) is 1. The molecule has 8 nitrogen and oxygen atoms in total. The SMILES string of the molecule is CCN(Cc1nc(COC)no1)C(=O)NC[C@@H]1CCCN2CCCC[C@H]12. The molecule has 2 amide bonds. The summed E-state index contributed by atoms with van der Waals surface area (Å²) >= 11 is 0. The first-order chi connectivity index (χ1) is 12.7. The summed E-state index contributed by atoms with van der Waals surface area (Å²) in [5.74, 6) is 1.49. The summed E-state index contributed by atoms with van der Waals surface area (Å²) in [6, 6.07) is 0.576. The van der Waals surface area contributed by atoms with Gasteiger partial charge in [0.15, 0.2) is 5.82 Å². The summed E-state index contributed by atoms with van der Waals surface area (Å²) in [5.41, 5.74) is 0. The highest BCUT2D eigenvalue weighted by atomic mass is 16.5. The third-order valence-corrected chi connectivity index (χ3v) is 5.52. The van der Waals surface area contributed by atoms with Crippen LogP contribution in [0.15, 0.2) is 4.52 Å². The Kier molecular flexibility index (Phi) is 6.85. The number of aromatic nitrogens is 2. The lowest BCUT2D eigenvalue weighted by Crippen LogP contribution is -2.52. The molecule has 0 saturated carbocycles. The summed E-state index contributed by atoms with van der Waals surface area (Å²) in [4.78, 5) is 21.2.